The van der Waals surface area contributed by atoms with E-state index in [1.54, 1.807) is 12.3 Å². The van der Waals surface area contributed by atoms with E-state index in [2.05, 4.69) is 41.5 Å². The molecule has 0 aliphatic rings. The summed E-state index contributed by atoms with van der Waals surface area (Å²) in [5.74, 6) is 1.01. The Hall–Kier alpha value is -1.41. The first-order valence-corrected chi connectivity index (χ1v) is 7.51. The minimum Gasteiger partial charge on any atom is -0.507 e. The number of hydrogen-bond donors (Lipinski definition) is 1. The van der Waals surface area contributed by atoms with Gasteiger partial charge in [-0.25, -0.2) is 0 Å². The molecule has 2 rings (SSSR count). The van der Waals surface area contributed by atoms with Crippen LogP contribution in [0.1, 0.15) is 52.7 Å². The van der Waals surface area contributed by atoms with E-state index in [-0.39, 0.29) is 10.8 Å². The van der Waals surface area contributed by atoms with Crippen LogP contribution >= 0.6 is 11.6 Å². The predicted molar refractivity (Wildman–Crippen MR) is 88.2 cm³/mol. The van der Waals surface area contributed by atoms with Crippen molar-refractivity contribution in [1.82, 2.24) is 0 Å². The molecular formula is C18H23ClO2. The molecular weight excluding hydrogens is 284 g/mol. The van der Waals surface area contributed by atoms with Crippen molar-refractivity contribution in [3.8, 4) is 17.1 Å². The van der Waals surface area contributed by atoms with E-state index in [1.807, 2.05) is 12.1 Å². The Kier molecular flexibility index (Phi) is 3.88. The van der Waals surface area contributed by atoms with Crippen molar-refractivity contribution >= 4 is 11.6 Å². The summed E-state index contributed by atoms with van der Waals surface area (Å²) in [5, 5.41) is 11.3. The fraction of sp³-hybridized carbons (Fsp3) is 0.444. The minimum absolute atomic E-state index is 0.167. The number of halogens is 1. The topological polar surface area (TPSA) is 33.4 Å². The van der Waals surface area contributed by atoms with Gasteiger partial charge < -0.3 is 9.52 Å². The fourth-order valence-electron chi connectivity index (χ4n) is 2.41. The van der Waals surface area contributed by atoms with E-state index in [0.717, 1.165) is 16.7 Å². The Balaban J connectivity index is 2.78. The molecule has 1 aromatic heterocycles. The average molecular weight is 307 g/mol. The van der Waals surface area contributed by atoms with E-state index in [0.29, 0.717) is 16.5 Å². The Morgan fingerprint density at radius 2 is 1.43 bits per heavy atom. The van der Waals surface area contributed by atoms with Crippen LogP contribution in [-0.2, 0) is 10.8 Å². The molecule has 0 unspecified atom stereocenters. The second-order valence-electron chi connectivity index (χ2n) is 7.52. The van der Waals surface area contributed by atoms with Gasteiger partial charge in [-0.1, -0.05) is 53.1 Å². The van der Waals surface area contributed by atoms with E-state index in [4.69, 9.17) is 16.0 Å². The highest BCUT2D eigenvalue weighted by atomic mass is 35.5. The molecule has 1 heterocycles. The molecule has 1 aromatic carbocycles. The first kappa shape index (κ1) is 16.0. The van der Waals surface area contributed by atoms with Gasteiger partial charge in [0.05, 0.1) is 11.3 Å². The number of rotatable bonds is 1. The average Bonchev–Trinajstić information content (AvgIpc) is 2.72. The molecule has 0 fully saturated rings. The molecule has 0 bridgehead atoms. The first-order valence-electron chi connectivity index (χ1n) is 7.13. The molecule has 1 N–H and O–H groups in total. The molecule has 0 atom stereocenters. The number of phenolic OH excluding ortho intramolecular Hbond substituents is 1. The Labute approximate surface area is 131 Å². The van der Waals surface area contributed by atoms with Crippen LogP contribution in [0.2, 0.25) is 5.02 Å². The van der Waals surface area contributed by atoms with Crippen molar-refractivity contribution in [2.75, 3.05) is 0 Å². The molecule has 3 heteroatoms. The normalized spacial score (nSPS) is 12.7. The zero-order valence-electron chi connectivity index (χ0n) is 13.5. The number of furan rings is 1. The molecule has 21 heavy (non-hydrogen) atoms. The molecule has 0 radical (unpaired) electrons. The zero-order chi connectivity index (χ0) is 16.0. The summed E-state index contributed by atoms with van der Waals surface area (Å²) in [7, 11) is 0. The van der Waals surface area contributed by atoms with Gasteiger partial charge in [-0.3, -0.25) is 0 Å². The number of hydrogen-bond acceptors (Lipinski definition) is 2. The molecule has 0 saturated carbocycles. The highest BCUT2D eigenvalue weighted by Gasteiger charge is 2.27. The van der Waals surface area contributed by atoms with Gasteiger partial charge in [0, 0.05) is 16.7 Å². The highest BCUT2D eigenvalue weighted by molar-refractivity contribution is 6.32. The summed E-state index contributed by atoms with van der Waals surface area (Å²) in [4.78, 5) is 0. The van der Waals surface area contributed by atoms with E-state index >= 15 is 0 Å². The molecule has 0 amide bonds. The van der Waals surface area contributed by atoms with Gasteiger partial charge in [0.1, 0.15) is 5.75 Å². The second-order valence-corrected chi connectivity index (χ2v) is 7.92. The monoisotopic (exact) mass is 306 g/mol. The third-order valence-corrected chi connectivity index (χ3v) is 3.90. The summed E-state index contributed by atoms with van der Waals surface area (Å²) in [5.41, 5.74) is 2.37. The Morgan fingerprint density at radius 1 is 0.952 bits per heavy atom. The number of phenols is 1. The Morgan fingerprint density at radius 3 is 1.76 bits per heavy atom. The quantitative estimate of drug-likeness (QED) is 0.711. The van der Waals surface area contributed by atoms with Gasteiger partial charge in [0.2, 0.25) is 0 Å². The predicted octanol–water partition coefficient (Wildman–Crippen LogP) is 5.90. The molecule has 0 aliphatic carbocycles. The van der Waals surface area contributed by atoms with Crippen LogP contribution in [0.15, 0.2) is 28.9 Å². The van der Waals surface area contributed by atoms with Gasteiger partial charge >= 0.3 is 0 Å². The van der Waals surface area contributed by atoms with Crippen LogP contribution in [0, 0.1) is 0 Å². The van der Waals surface area contributed by atoms with Crippen LogP contribution in [0.25, 0.3) is 11.3 Å². The SMILES string of the molecule is CC(C)(C)c1cc(-c2occc2Cl)cc(C(C)(C)C)c1O. The lowest BCUT2D eigenvalue weighted by Crippen LogP contribution is -2.17. The van der Waals surface area contributed by atoms with Gasteiger partial charge in [0.15, 0.2) is 5.76 Å². The lowest BCUT2D eigenvalue weighted by atomic mass is 9.78. The van der Waals surface area contributed by atoms with E-state index in [1.165, 1.54) is 0 Å². The molecule has 0 aliphatic heterocycles. The lowest BCUT2D eigenvalue weighted by molar-refractivity contribution is 0.423. The summed E-state index contributed by atoms with van der Waals surface area (Å²) in [6.45, 7) is 12.5. The van der Waals surface area contributed by atoms with Crippen molar-refractivity contribution in [2.24, 2.45) is 0 Å². The summed E-state index contributed by atoms with van der Waals surface area (Å²) >= 11 is 6.19. The number of aromatic hydroxyl groups is 1. The van der Waals surface area contributed by atoms with Crippen molar-refractivity contribution in [3.05, 3.63) is 40.6 Å². The van der Waals surface area contributed by atoms with Gasteiger partial charge in [-0.05, 0) is 29.0 Å². The third-order valence-electron chi connectivity index (χ3n) is 3.61. The third kappa shape index (κ3) is 3.11. The maximum absolute atomic E-state index is 10.7. The molecule has 2 aromatic rings. The van der Waals surface area contributed by atoms with Crippen LogP contribution in [0.3, 0.4) is 0 Å². The smallest absolute Gasteiger partial charge is 0.152 e. The van der Waals surface area contributed by atoms with Crippen molar-refractivity contribution in [1.29, 1.82) is 0 Å². The van der Waals surface area contributed by atoms with Gasteiger partial charge in [-0.15, -0.1) is 0 Å². The van der Waals surface area contributed by atoms with Crippen molar-refractivity contribution < 1.29 is 9.52 Å². The molecule has 0 saturated heterocycles. The minimum atomic E-state index is -0.167. The summed E-state index contributed by atoms with van der Waals surface area (Å²) in [6, 6.07) is 5.67. The van der Waals surface area contributed by atoms with Crippen LogP contribution in [0.4, 0.5) is 0 Å². The van der Waals surface area contributed by atoms with Crippen LogP contribution < -0.4 is 0 Å². The second kappa shape index (κ2) is 5.10. The van der Waals surface area contributed by atoms with Crippen LogP contribution in [-0.4, -0.2) is 5.11 Å². The molecule has 114 valence electrons. The molecule has 0 spiro atoms. The standard InChI is InChI=1S/C18H23ClO2/c1-17(2,3)12-9-11(16-14(19)7-8-21-16)10-13(15(12)20)18(4,5)6/h7-10,20H,1-6H3. The highest BCUT2D eigenvalue weighted by Crippen LogP contribution is 2.43. The van der Waals surface area contributed by atoms with Crippen LogP contribution in [0.5, 0.6) is 5.75 Å². The van der Waals surface area contributed by atoms with Crippen molar-refractivity contribution in [2.45, 2.75) is 52.4 Å². The number of benzene rings is 1. The fourth-order valence-corrected chi connectivity index (χ4v) is 2.61. The zero-order valence-corrected chi connectivity index (χ0v) is 14.3. The molecule has 2 nitrogen and oxygen atoms in total. The summed E-state index contributed by atoms with van der Waals surface area (Å²) in [6.07, 6.45) is 1.58. The Bertz CT molecular complexity index is 620. The first-order chi connectivity index (χ1) is 9.51. The van der Waals surface area contributed by atoms with E-state index in [9.17, 15) is 5.11 Å². The van der Waals surface area contributed by atoms with Gasteiger partial charge in [0.25, 0.3) is 0 Å². The van der Waals surface area contributed by atoms with Gasteiger partial charge in [-0.2, -0.15) is 0 Å². The van der Waals surface area contributed by atoms with Crippen molar-refractivity contribution in [3.63, 3.8) is 0 Å². The van der Waals surface area contributed by atoms with E-state index < -0.39 is 0 Å². The largest absolute Gasteiger partial charge is 0.507 e. The maximum atomic E-state index is 10.7. The lowest BCUT2D eigenvalue weighted by Gasteiger charge is -2.28. The summed E-state index contributed by atoms with van der Waals surface area (Å²) < 4.78 is 5.51. The maximum Gasteiger partial charge on any atom is 0.152 e.